The first-order valence-electron chi connectivity index (χ1n) is 5.96. The molecule has 1 N–H and O–H groups in total. The molecule has 0 saturated carbocycles. The van der Waals surface area contributed by atoms with E-state index < -0.39 is 11.6 Å². The van der Waals surface area contributed by atoms with E-state index in [2.05, 4.69) is 26.2 Å². The van der Waals surface area contributed by atoms with Gasteiger partial charge in [0, 0.05) is 31.6 Å². The number of nitrogens with one attached hydrogen (secondary N) is 1. The van der Waals surface area contributed by atoms with Gasteiger partial charge in [-0.2, -0.15) is 0 Å². The number of ether oxygens (including phenoxy) is 1. The van der Waals surface area contributed by atoms with Gasteiger partial charge in [-0.05, 0) is 28.9 Å². The van der Waals surface area contributed by atoms with Gasteiger partial charge >= 0.3 is 0 Å². The standard InChI is InChI=1S/C13H14BrF2N3O/c1-8(7-20-2)18-13-17-3-4-19(13)12-5-9(14)10(15)6-11(12)16/h3-6,8H,7H2,1-2H3,(H,17,18). The lowest BCUT2D eigenvalue weighted by Gasteiger charge is -2.15. The second-order valence-electron chi connectivity index (χ2n) is 4.34. The van der Waals surface area contributed by atoms with E-state index in [1.807, 2.05) is 6.92 Å². The van der Waals surface area contributed by atoms with Crippen molar-refractivity contribution in [3.05, 3.63) is 40.6 Å². The van der Waals surface area contributed by atoms with Crippen molar-refractivity contribution in [1.29, 1.82) is 0 Å². The van der Waals surface area contributed by atoms with Gasteiger partial charge in [0.15, 0.2) is 0 Å². The molecule has 1 aromatic carbocycles. The Morgan fingerprint density at radius 2 is 2.15 bits per heavy atom. The average Bonchev–Trinajstić information content (AvgIpc) is 2.82. The Kier molecular flexibility index (Phi) is 4.72. The number of aromatic nitrogens is 2. The quantitative estimate of drug-likeness (QED) is 0.844. The molecule has 0 fully saturated rings. The average molecular weight is 346 g/mol. The van der Waals surface area contributed by atoms with E-state index in [4.69, 9.17) is 4.74 Å². The fourth-order valence-corrected chi connectivity index (χ4v) is 2.14. The van der Waals surface area contributed by atoms with Crippen molar-refractivity contribution >= 4 is 21.9 Å². The number of benzene rings is 1. The molecule has 0 aliphatic carbocycles. The summed E-state index contributed by atoms with van der Waals surface area (Å²) in [6.45, 7) is 2.40. The lowest BCUT2D eigenvalue weighted by atomic mass is 10.3. The van der Waals surface area contributed by atoms with Crippen molar-refractivity contribution in [3.8, 4) is 5.69 Å². The molecule has 1 heterocycles. The first-order chi connectivity index (χ1) is 9.52. The summed E-state index contributed by atoms with van der Waals surface area (Å²) in [5.74, 6) is -0.841. The minimum Gasteiger partial charge on any atom is -0.383 e. The molecule has 20 heavy (non-hydrogen) atoms. The predicted octanol–water partition coefficient (Wildman–Crippen LogP) is 3.36. The van der Waals surface area contributed by atoms with Gasteiger partial charge in [-0.1, -0.05) is 0 Å². The molecule has 108 valence electrons. The molecule has 4 nitrogen and oxygen atoms in total. The third-order valence-electron chi connectivity index (χ3n) is 2.68. The molecule has 1 unspecified atom stereocenters. The third kappa shape index (κ3) is 3.16. The second kappa shape index (κ2) is 6.32. The van der Waals surface area contributed by atoms with Crippen LogP contribution < -0.4 is 5.32 Å². The van der Waals surface area contributed by atoms with Gasteiger partial charge in [0.05, 0.1) is 16.8 Å². The summed E-state index contributed by atoms with van der Waals surface area (Å²) in [7, 11) is 1.60. The molecule has 0 bridgehead atoms. The number of rotatable bonds is 5. The van der Waals surface area contributed by atoms with Crippen molar-refractivity contribution in [2.45, 2.75) is 13.0 Å². The van der Waals surface area contributed by atoms with E-state index in [9.17, 15) is 8.78 Å². The van der Waals surface area contributed by atoms with Gasteiger partial charge in [0.1, 0.15) is 11.6 Å². The first kappa shape index (κ1) is 14.9. The van der Waals surface area contributed by atoms with Crippen molar-refractivity contribution in [2.75, 3.05) is 19.0 Å². The van der Waals surface area contributed by atoms with Crippen LogP contribution in [0.3, 0.4) is 0 Å². The monoisotopic (exact) mass is 345 g/mol. The van der Waals surface area contributed by atoms with Crippen molar-refractivity contribution in [1.82, 2.24) is 9.55 Å². The number of hydrogen-bond acceptors (Lipinski definition) is 3. The first-order valence-corrected chi connectivity index (χ1v) is 6.76. The molecule has 0 saturated heterocycles. The fraction of sp³-hybridized carbons (Fsp3) is 0.308. The summed E-state index contributed by atoms with van der Waals surface area (Å²) in [6.07, 6.45) is 3.14. The summed E-state index contributed by atoms with van der Waals surface area (Å²) >= 11 is 3.05. The molecule has 2 aromatic rings. The van der Waals surface area contributed by atoms with Gasteiger partial charge in [0.2, 0.25) is 5.95 Å². The molecule has 0 aliphatic rings. The Labute approximate surface area is 123 Å². The lowest BCUT2D eigenvalue weighted by molar-refractivity contribution is 0.190. The van der Waals surface area contributed by atoms with Crippen LogP contribution >= 0.6 is 15.9 Å². The van der Waals surface area contributed by atoms with E-state index in [1.54, 1.807) is 19.5 Å². The highest BCUT2D eigenvalue weighted by Crippen LogP contribution is 2.25. The van der Waals surface area contributed by atoms with Gasteiger partial charge in [0.25, 0.3) is 0 Å². The maximum Gasteiger partial charge on any atom is 0.207 e. The van der Waals surface area contributed by atoms with E-state index in [0.29, 0.717) is 12.6 Å². The summed E-state index contributed by atoms with van der Waals surface area (Å²) in [4.78, 5) is 4.13. The molecule has 2 rings (SSSR count). The highest BCUT2D eigenvalue weighted by molar-refractivity contribution is 9.10. The maximum absolute atomic E-state index is 13.9. The topological polar surface area (TPSA) is 39.1 Å². The summed E-state index contributed by atoms with van der Waals surface area (Å²) in [5, 5.41) is 3.10. The smallest absolute Gasteiger partial charge is 0.207 e. The van der Waals surface area contributed by atoms with E-state index in [1.165, 1.54) is 10.6 Å². The zero-order valence-corrected chi connectivity index (χ0v) is 12.6. The van der Waals surface area contributed by atoms with Crippen LogP contribution in [0.4, 0.5) is 14.7 Å². The molecular formula is C13H14BrF2N3O. The minimum atomic E-state index is -0.661. The second-order valence-corrected chi connectivity index (χ2v) is 5.19. The van der Waals surface area contributed by atoms with E-state index >= 15 is 0 Å². The number of imidazole rings is 1. The normalized spacial score (nSPS) is 12.4. The molecule has 0 spiro atoms. The zero-order chi connectivity index (χ0) is 14.7. The van der Waals surface area contributed by atoms with Crippen LogP contribution in [0.15, 0.2) is 29.0 Å². The van der Waals surface area contributed by atoms with E-state index in [-0.39, 0.29) is 16.2 Å². The summed E-state index contributed by atoms with van der Waals surface area (Å²) in [6, 6.07) is 2.22. The van der Waals surface area contributed by atoms with Crippen LogP contribution in [-0.4, -0.2) is 29.3 Å². The third-order valence-corrected chi connectivity index (χ3v) is 3.29. The number of halogens is 3. The zero-order valence-electron chi connectivity index (χ0n) is 11.0. The van der Waals surface area contributed by atoms with Crippen molar-refractivity contribution in [3.63, 3.8) is 0 Å². The Balaban J connectivity index is 2.35. The van der Waals surface area contributed by atoms with Crippen molar-refractivity contribution < 1.29 is 13.5 Å². The highest BCUT2D eigenvalue weighted by Gasteiger charge is 2.14. The van der Waals surface area contributed by atoms with Gasteiger partial charge in [-0.15, -0.1) is 0 Å². The molecule has 0 aliphatic heterocycles. The number of methoxy groups -OCH3 is 1. The van der Waals surface area contributed by atoms with Gasteiger partial charge in [-0.3, -0.25) is 4.57 Å². The predicted molar refractivity (Wildman–Crippen MR) is 76.1 cm³/mol. The molecule has 1 atom stereocenters. The summed E-state index contributed by atoms with van der Waals surface area (Å²) in [5.41, 5.74) is 0.211. The molecular weight excluding hydrogens is 332 g/mol. The molecule has 0 radical (unpaired) electrons. The molecule has 0 amide bonds. The fourth-order valence-electron chi connectivity index (χ4n) is 1.81. The van der Waals surface area contributed by atoms with Crippen LogP contribution in [0.1, 0.15) is 6.92 Å². The van der Waals surface area contributed by atoms with Gasteiger partial charge < -0.3 is 10.1 Å². The van der Waals surface area contributed by atoms with Crippen LogP contribution in [0.25, 0.3) is 5.69 Å². The SMILES string of the molecule is COCC(C)Nc1nccn1-c1cc(Br)c(F)cc1F. The largest absolute Gasteiger partial charge is 0.383 e. The van der Waals surface area contributed by atoms with E-state index in [0.717, 1.165) is 6.07 Å². The Bertz CT molecular complexity index is 603. The molecule has 1 aromatic heterocycles. The van der Waals surface area contributed by atoms with Crippen LogP contribution in [0, 0.1) is 11.6 Å². The van der Waals surface area contributed by atoms with Crippen LogP contribution in [-0.2, 0) is 4.74 Å². The maximum atomic E-state index is 13.9. The van der Waals surface area contributed by atoms with Crippen molar-refractivity contribution in [2.24, 2.45) is 0 Å². The highest BCUT2D eigenvalue weighted by atomic mass is 79.9. The lowest BCUT2D eigenvalue weighted by Crippen LogP contribution is -2.23. The van der Waals surface area contributed by atoms with Gasteiger partial charge in [-0.25, -0.2) is 13.8 Å². The molecule has 7 heteroatoms. The Hall–Kier alpha value is -1.47. The summed E-state index contributed by atoms with van der Waals surface area (Å²) < 4.78 is 33.9. The Morgan fingerprint density at radius 1 is 1.40 bits per heavy atom. The van der Waals surface area contributed by atoms with Crippen LogP contribution in [0.2, 0.25) is 0 Å². The number of anilines is 1. The Morgan fingerprint density at radius 3 is 2.85 bits per heavy atom. The number of hydrogen-bond donors (Lipinski definition) is 1. The number of nitrogens with zero attached hydrogens (tertiary/aromatic N) is 2. The van der Waals surface area contributed by atoms with Crippen LogP contribution in [0.5, 0.6) is 0 Å². The minimum absolute atomic E-state index is 0.00750.